The van der Waals surface area contributed by atoms with Crippen LogP contribution in [0, 0.1) is 29.1 Å². The molecule has 7 unspecified atom stereocenters. The number of rotatable bonds is 4. The lowest BCUT2D eigenvalue weighted by Crippen LogP contribution is -2.42. The maximum absolute atomic E-state index is 2.82. The van der Waals surface area contributed by atoms with E-state index in [1.807, 2.05) is 0 Å². The highest BCUT2D eigenvalue weighted by atomic mass is 15.2. The first-order valence-electron chi connectivity index (χ1n) is 17.5. The standard InChI is InChI=1S/C43H44N2/c1-43-25-11-10-24-42(43)45(35-21-13-19-33(27-35)31-16-6-3-7-17-31)41-29-40-37(28-38(41)43)36-22-8-9-23-39(36)44(40)34-20-12-18-32(26-34)30-14-4-2-5-15-30/h4,6,8-16,19-26,28-29,31-33,38,41-42H,2-3,5,7,17-18,27H2,1H3. The van der Waals surface area contributed by atoms with Gasteiger partial charge in [0.15, 0.2) is 0 Å². The molecule has 0 saturated carbocycles. The summed E-state index contributed by atoms with van der Waals surface area (Å²) < 4.78 is 2.58. The van der Waals surface area contributed by atoms with E-state index in [1.54, 1.807) is 0 Å². The van der Waals surface area contributed by atoms with E-state index in [2.05, 4.69) is 144 Å². The summed E-state index contributed by atoms with van der Waals surface area (Å²) in [5.74, 6) is 2.08. The number of hydrogen-bond acceptors (Lipinski definition) is 1. The third-order valence-corrected chi connectivity index (χ3v) is 11.9. The first-order chi connectivity index (χ1) is 22.2. The summed E-state index contributed by atoms with van der Waals surface area (Å²) in [4.78, 5) is 2.82. The molecule has 226 valence electrons. The molecule has 1 fully saturated rings. The lowest BCUT2D eigenvalue weighted by Gasteiger charge is -2.39. The second-order valence-corrected chi connectivity index (χ2v) is 14.4. The Morgan fingerprint density at radius 2 is 1.80 bits per heavy atom. The lowest BCUT2D eigenvalue weighted by molar-refractivity contribution is 0.254. The topological polar surface area (TPSA) is 8.17 Å². The van der Waals surface area contributed by atoms with Crippen LogP contribution in [-0.2, 0) is 0 Å². The number of benzene rings is 1. The van der Waals surface area contributed by atoms with Gasteiger partial charge in [-0.15, -0.1) is 0 Å². The number of allylic oxidation sites excluding steroid dienone is 16. The summed E-state index contributed by atoms with van der Waals surface area (Å²) in [6, 6.07) is 9.73. The summed E-state index contributed by atoms with van der Waals surface area (Å²) in [5, 5.41) is 4.14. The molecule has 2 nitrogen and oxygen atoms in total. The Morgan fingerprint density at radius 3 is 2.69 bits per heavy atom. The first-order valence-corrected chi connectivity index (χ1v) is 17.5. The van der Waals surface area contributed by atoms with Crippen molar-refractivity contribution in [3.8, 4) is 0 Å². The lowest BCUT2D eigenvalue weighted by atomic mass is 9.70. The Bertz CT molecular complexity index is 1950. The van der Waals surface area contributed by atoms with Gasteiger partial charge >= 0.3 is 0 Å². The molecule has 0 spiro atoms. The van der Waals surface area contributed by atoms with E-state index in [1.165, 1.54) is 57.7 Å². The van der Waals surface area contributed by atoms with Gasteiger partial charge in [0.25, 0.3) is 0 Å². The van der Waals surface area contributed by atoms with Crippen LogP contribution in [0.5, 0.6) is 0 Å². The minimum Gasteiger partial charge on any atom is -0.360 e. The molecule has 1 aromatic heterocycles. The van der Waals surface area contributed by atoms with Crippen LogP contribution in [0.15, 0.2) is 127 Å². The second kappa shape index (κ2) is 10.8. The fraction of sp³-hybridized carbons (Fsp3) is 0.349. The third kappa shape index (κ3) is 4.36. The predicted octanol–water partition coefficient (Wildman–Crippen LogP) is 8.53. The molecule has 0 radical (unpaired) electrons. The normalized spacial score (nSPS) is 34.4. The molecule has 0 bridgehead atoms. The summed E-state index contributed by atoms with van der Waals surface area (Å²) in [6.07, 6.45) is 49.9. The van der Waals surface area contributed by atoms with Crippen molar-refractivity contribution in [2.45, 2.75) is 64.0 Å². The average molecular weight is 589 g/mol. The largest absolute Gasteiger partial charge is 0.360 e. The quantitative estimate of drug-likeness (QED) is 0.325. The third-order valence-electron chi connectivity index (χ3n) is 11.9. The van der Waals surface area contributed by atoms with Crippen LogP contribution in [0.3, 0.4) is 0 Å². The minimum absolute atomic E-state index is 0.0357. The number of hydrogen-bond donors (Lipinski definition) is 0. The van der Waals surface area contributed by atoms with Crippen molar-refractivity contribution in [1.82, 2.24) is 9.47 Å². The predicted molar refractivity (Wildman–Crippen MR) is 189 cm³/mol. The van der Waals surface area contributed by atoms with E-state index in [4.69, 9.17) is 0 Å². The van der Waals surface area contributed by atoms with E-state index >= 15 is 0 Å². The molecule has 45 heavy (non-hydrogen) atoms. The molecular weight excluding hydrogens is 544 g/mol. The first kappa shape index (κ1) is 27.3. The van der Waals surface area contributed by atoms with Crippen LogP contribution in [0.1, 0.15) is 51.9 Å². The van der Waals surface area contributed by atoms with Crippen LogP contribution < -0.4 is 10.6 Å². The zero-order chi connectivity index (χ0) is 30.0. The Morgan fingerprint density at radius 1 is 0.844 bits per heavy atom. The summed E-state index contributed by atoms with van der Waals surface area (Å²) in [6.45, 7) is 2.51. The van der Waals surface area contributed by atoms with Gasteiger partial charge in [-0.25, -0.2) is 0 Å². The Labute approximate surface area is 267 Å². The van der Waals surface area contributed by atoms with E-state index < -0.39 is 0 Å². The van der Waals surface area contributed by atoms with E-state index in [0.717, 1.165) is 25.7 Å². The van der Waals surface area contributed by atoms with Crippen LogP contribution in [0.25, 0.3) is 28.8 Å². The molecule has 6 aliphatic carbocycles. The number of aromatic nitrogens is 1. The molecule has 2 aromatic rings. The highest BCUT2D eigenvalue weighted by molar-refractivity contribution is 5.87. The van der Waals surface area contributed by atoms with Crippen molar-refractivity contribution < 1.29 is 0 Å². The maximum atomic E-state index is 2.82. The van der Waals surface area contributed by atoms with Crippen molar-refractivity contribution in [1.29, 1.82) is 0 Å². The molecule has 7 atom stereocenters. The highest BCUT2D eigenvalue weighted by Gasteiger charge is 2.54. The summed E-state index contributed by atoms with van der Waals surface area (Å²) in [7, 11) is 0. The van der Waals surface area contributed by atoms with Crippen molar-refractivity contribution in [3.63, 3.8) is 0 Å². The molecule has 9 rings (SSSR count). The van der Waals surface area contributed by atoms with Gasteiger partial charge in [0.1, 0.15) is 0 Å². The molecule has 1 saturated heterocycles. The molecule has 2 heteroatoms. The van der Waals surface area contributed by atoms with Crippen LogP contribution in [-0.4, -0.2) is 21.6 Å². The van der Waals surface area contributed by atoms with Crippen molar-refractivity contribution in [3.05, 3.63) is 137 Å². The van der Waals surface area contributed by atoms with Crippen molar-refractivity contribution >= 4 is 28.8 Å². The van der Waals surface area contributed by atoms with Crippen molar-refractivity contribution in [2.24, 2.45) is 29.1 Å². The summed E-state index contributed by atoms with van der Waals surface area (Å²) in [5.41, 5.74) is 5.64. The maximum Gasteiger partial charge on any atom is 0.0574 e. The Kier molecular flexibility index (Phi) is 6.55. The number of likely N-dealkylation sites (tertiary alicyclic amines) is 1. The monoisotopic (exact) mass is 588 g/mol. The zero-order valence-corrected chi connectivity index (χ0v) is 26.4. The van der Waals surface area contributed by atoms with Crippen LogP contribution in [0.2, 0.25) is 0 Å². The number of nitrogens with zero attached hydrogens (tertiary/aromatic N) is 2. The van der Waals surface area contributed by atoms with Gasteiger partial charge in [0.05, 0.1) is 22.9 Å². The molecule has 7 aliphatic rings. The zero-order valence-electron chi connectivity index (χ0n) is 26.4. The van der Waals surface area contributed by atoms with Gasteiger partial charge in [-0.3, -0.25) is 0 Å². The molecule has 1 aliphatic heterocycles. The van der Waals surface area contributed by atoms with Crippen LogP contribution >= 0.6 is 0 Å². The Hall–Kier alpha value is -4.04. The van der Waals surface area contributed by atoms with Gasteiger partial charge in [-0.05, 0) is 86.6 Å². The van der Waals surface area contributed by atoms with Gasteiger partial charge in [-0.1, -0.05) is 110 Å². The molecule has 1 aromatic carbocycles. The molecule has 2 heterocycles. The number of para-hydroxylation sites is 1. The van der Waals surface area contributed by atoms with E-state index in [0.29, 0.717) is 35.8 Å². The molecule has 0 N–H and O–H groups in total. The fourth-order valence-electron chi connectivity index (χ4n) is 9.56. The highest BCUT2D eigenvalue weighted by Crippen LogP contribution is 2.53. The van der Waals surface area contributed by atoms with Gasteiger partial charge < -0.3 is 9.47 Å². The van der Waals surface area contributed by atoms with Crippen molar-refractivity contribution in [2.75, 3.05) is 0 Å². The summed E-state index contributed by atoms with van der Waals surface area (Å²) >= 11 is 0. The van der Waals surface area contributed by atoms with Crippen LogP contribution in [0.4, 0.5) is 0 Å². The van der Waals surface area contributed by atoms with Gasteiger partial charge in [0.2, 0.25) is 0 Å². The minimum atomic E-state index is 0.0357. The smallest absolute Gasteiger partial charge is 0.0574 e. The second-order valence-electron chi connectivity index (χ2n) is 14.4. The molecule has 0 amide bonds. The van der Waals surface area contributed by atoms with E-state index in [9.17, 15) is 0 Å². The fourth-order valence-corrected chi connectivity index (χ4v) is 9.56. The van der Waals surface area contributed by atoms with Gasteiger partial charge in [0, 0.05) is 39.2 Å². The van der Waals surface area contributed by atoms with Gasteiger partial charge in [-0.2, -0.15) is 0 Å². The Balaban J connectivity index is 1.19. The molecular formula is C43H44N2. The SMILES string of the molecule is CC12C=CC=CC1N(C1=CC=CC(C3C=CCCC3)C1)C1C=c3c(c4ccccc4n3C3=CC(C4=CCCC=C4)CC=C3)=CC12. The average Bonchev–Trinajstić information content (AvgIpc) is 3.57. The van der Waals surface area contributed by atoms with E-state index in [-0.39, 0.29) is 5.41 Å². The number of fused-ring (bicyclic) bond motifs is 6.